The van der Waals surface area contributed by atoms with E-state index in [0.717, 1.165) is 0 Å². The average Bonchev–Trinajstić information content (AvgIpc) is 2.90. The van der Waals surface area contributed by atoms with Crippen LogP contribution in [0.4, 0.5) is 4.79 Å². The number of phenols is 1. The highest BCUT2D eigenvalue weighted by Crippen LogP contribution is 2.51. The summed E-state index contributed by atoms with van der Waals surface area (Å²) < 4.78 is 4.71. The fourth-order valence-corrected chi connectivity index (χ4v) is 7.01. The number of amides is 2. The maximum Gasteiger partial charge on any atom is 0.409 e. The van der Waals surface area contributed by atoms with Crippen LogP contribution in [-0.2, 0) is 36.9 Å². The van der Waals surface area contributed by atoms with Crippen molar-refractivity contribution >= 4 is 45.9 Å². The van der Waals surface area contributed by atoms with E-state index in [9.17, 15) is 39.0 Å². The number of methoxy groups -OCH3 is 1. The molecule has 3 aliphatic carbocycles. The molecule has 0 bridgehead atoms. The van der Waals surface area contributed by atoms with Crippen LogP contribution in [0.5, 0.6) is 5.75 Å². The van der Waals surface area contributed by atoms with Crippen LogP contribution in [0.25, 0.3) is 10.8 Å². The van der Waals surface area contributed by atoms with Crippen molar-refractivity contribution in [2.45, 2.75) is 31.0 Å². The fourth-order valence-electron chi connectivity index (χ4n) is 7.01. The number of phenolic OH excluding ortho intramolecular Hbond substituents is 1. The number of aliphatic hydroxyl groups is 1. The first-order valence-electron chi connectivity index (χ1n) is 13.1. The van der Waals surface area contributed by atoms with Gasteiger partial charge in [-0.2, -0.15) is 0 Å². The van der Waals surface area contributed by atoms with Crippen molar-refractivity contribution < 1.29 is 43.7 Å². The lowest BCUT2D eigenvalue weighted by molar-refractivity contribution is -0.181. The van der Waals surface area contributed by atoms with Crippen molar-refractivity contribution in [3.63, 3.8) is 0 Å². The Bertz CT molecular complexity index is 1550. The molecule has 0 spiro atoms. The molecule has 0 aromatic heterocycles. The third kappa shape index (κ3) is 4.04. The summed E-state index contributed by atoms with van der Waals surface area (Å²) in [7, 11) is 5.88. The van der Waals surface area contributed by atoms with E-state index in [0.29, 0.717) is 21.9 Å². The van der Waals surface area contributed by atoms with Gasteiger partial charge in [-0.25, -0.2) is 4.79 Å². The molecule has 2 fully saturated rings. The van der Waals surface area contributed by atoms with E-state index >= 15 is 0 Å². The number of primary amides is 1. The van der Waals surface area contributed by atoms with Gasteiger partial charge in [0.15, 0.2) is 34.7 Å². The molecule has 2 aromatic rings. The first-order valence-corrected chi connectivity index (χ1v) is 13.1. The zero-order valence-electron chi connectivity index (χ0n) is 23.0. The Kier molecular flexibility index (Phi) is 6.74. The van der Waals surface area contributed by atoms with E-state index in [1.165, 1.54) is 31.0 Å². The van der Waals surface area contributed by atoms with Crippen molar-refractivity contribution in [3.8, 4) is 5.75 Å². The number of carbonyl (C=O) groups excluding carboxylic acids is 6. The maximum atomic E-state index is 13.9. The molecule has 3 aliphatic rings. The van der Waals surface area contributed by atoms with Crippen molar-refractivity contribution in [1.29, 1.82) is 0 Å². The highest BCUT2D eigenvalue weighted by Gasteiger charge is 2.69. The molecule has 0 aliphatic heterocycles. The Morgan fingerprint density at radius 1 is 1.10 bits per heavy atom. The number of nitrogens with zero attached hydrogens (tertiary/aromatic N) is 2. The largest absolute Gasteiger partial charge is 0.507 e. The molecule has 2 unspecified atom stereocenters. The monoisotopic (exact) mass is 565 g/mol. The second-order valence-corrected chi connectivity index (χ2v) is 11.4. The van der Waals surface area contributed by atoms with Gasteiger partial charge in [-0.15, -0.1) is 0 Å². The van der Waals surface area contributed by atoms with Crippen molar-refractivity contribution in [3.05, 3.63) is 41.0 Å². The third-order valence-corrected chi connectivity index (χ3v) is 8.84. The number of hydrogen-bond donors (Lipinski definition) is 3. The predicted octanol–water partition coefficient (Wildman–Crippen LogP) is 0.218. The van der Waals surface area contributed by atoms with Gasteiger partial charge in [0.25, 0.3) is 0 Å². The van der Waals surface area contributed by atoms with E-state index in [1.54, 1.807) is 31.3 Å². The number of fused-ring (bicyclic) bond motifs is 4. The Hall–Kier alpha value is -4.16. The van der Waals surface area contributed by atoms with Crippen LogP contribution in [0.15, 0.2) is 24.3 Å². The van der Waals surface area contributed by atoms with Crippen LogP contribution in [0, 0.1) is 23.7 Å². The molecule has 12 heteroatoms. The minimum absolute atomic E-state index is 0.0124. The number of ether oxygens (including phenoxy) is 1. The Morgan fingerprint density at radius 3 is 2.39 bits per heavy atom. The minimum atomic E-state index is -2.77. The van der Waals surface area contributed by atoms with Gasteiger partial charge in [0.2, 0.25) is 5.91 Å². The first-order chi connectivity index (χ1) is 19.2. The lowest BCUT2D eigenvalue weighted by Crippen LogP contribution is -2.74. The summed E-state index contributed by atoms with van der Waals surface area (Å²) in [5.74, 6) is -10.9. The van der Waals surface area contributed by atoms with Crippen LogP contribution in [-0.4, -0.2) is 95.0 Å². The van der Waals surface area contributed by atoms with E-state index < -0.39 is 70.4 Å². The van der Waals surface area contributed by atoms with Gasteiger partial charge in [0.1, 0.15) is 5.75 Å². The number of ketones is 4. The standard InChI is InChI=1S/C29H31N3O9/c1-31(2)21-17-10-15-9-14-8-13-6-5-12(11-32(3)28(39)41-4)7-16(13)22(33)18(14)23(34)19(15)25(36)29(17,40)26(37)20(24(21)35)27(30)38/h5-8,15,17,19-21,33,40H,9-11H2,1-4H3,(H2,30,38)/t15-,17-,19?,20?,21-,29-/m0/s1. The highest BCUT2D eigenvalue weighted by atomic mass is 16.5. The topological polar surface area (TPSA) is 185 Å². The van der Waals surface area contributed by atoms with Crippen molar-refractivity contribution in [1.82, 2.24) is 9.80 Å². The van der Waals surface area contributed by atoms with Crippen LogP contribution in [0.3, 0.4) is 0 Å². The first kappa shape index (κ1) is 28.4. The molecule has 4 N–H and O–H groups in total. The number of carbonyl (C=O) groups is 6. The minimum Gasteiger partial charge on any atom is -0.507 e. The molecule has 6 atom stereocenters. The van der Waals surface area contributed by atoms with Crippen molar-refractivity contribution in [2.24, 2.45) is 29.4 Å². The highest BCUT2D eigenvalue weighted by molar-refractivity contribution is 6.32. The zero-order chi connectivity index (χ0) is 30.1. The Labute approximate surface area is 235 Å². The molecule has 0 saturated heterocycles. The van der Waals surface area contributed by atoms with Crippen LogP contribution >= 0.6 is 0 Å². The van der Waals surface area contributed by atoms with E-state index in [2.05, 4.69) is 0 Å². The Balaban J connectivity index is 1.59. The molecule has 5 rings (SSSR count). The predicted molar refractivity (Wildman–Crippen MR) is 143 cm³/mol. The molecule has 2 amide bonds. The summed E-state index contributed by atoms with van der Waals surface area (Å²) >= 11 is 0. The summed E-state index contributed by atoms with van der Waals surface area (Å²) in [6.45, 7) is 0.166. The lowest BCUT2D eigenvalue weighted by atomic mass is 9.52. The third-order valence-electron chi connectivity index (χ3n) is 8.84. The van der Waals surface area contributed by atoms with Gasteiger partial charge >= 0.3 is 6.09 Å². The van der Waals surface area contributed by atoms with Gasteiger partial charge in [-0.1, -0.05) is 18.2 Å². The fraction of sp³-hybridized carbons (Fsp3) is 0.448. The normalized spacial score (nSPS) is 29.2. The Morgan fingerprint density at radius 2 is 1.78 bits per heavy atom. The molecule has 2 aromatic carbocycles. The number of hydrogen-bond acceptors (Lipinski definition) is 10. The number of aromatic hydroxyl groups is 1. The molecule has 12 nitrogen and oxygen atoms in total. The van der Waals surface area contributed by atoms with Gasteiger partial charge in [0.05, 0.1) is 24.6 Å². The van der Waals surface area contributed by atoms with Gasteiger partial charge in [0, 0.05) is 24.9 Å². The average molecular weight is 566 g/mol. The molecular weight excluding hydrogens is 534 g/mol. The number of Topliss-reactive ketones (excluding diaryl/α,β-unsaturated/α-hetero) is 4. The SMILES string of the molecule is COC(=O)N(C)Cc1ccc2cc3c(c(O)c2c1)C(=O)C1C(=O)[C@]2(O)C(=O)C(C(N)=O)C(=O)[C@@H](N(C)C)[C@@H]2C[C@@H]1C3. The maximum absolute atomic E-state index is 13.9. The lowest BCUT2D eigenvalue weighted by Gasteiger charge is -2.52. The molecule has 41 heavy (non-hydrogen) atoms. The van der Waals surface area contributed by atoms with Crippen LogP contribution < -0.4 is 5.73 Å². The number of likely N-dealkylation sites (N-methyl/N-ethyl adjacent to an activating group) is 1. The van der Waals surface area contributed by atoms with Crippen LogP contribution in [0.2, 0.25) is 0 Å². The quantitative estimate of drug-likeness (QED) is 0.433. The molecule has 216 valence electrons. The van der Waals surface area contributed by atoms with E-state index in [4.69, 9.17) is 10.5 Å². The van der Waals surface area contributed by atoms with Gasteiger partial charge in [-0.05, 0) is 55.4 Å². The van der Waals surface area contributed by atoms with Crippen LogP contribution in [0.1, 0.15) is 27.9 Å². The summed E-state index contributed by atoms with van der Waals surface area (Å²) in [5, 5.41) is 23.9. The van der Waals surface area contributed by atoms with Gasteiger partial charge < -0.3 is 25.6 Å². The summed E-state index contributed by atoms with van der Waals surface area (Å²) in [4.78, 5) is 81.1. The molecule has 2 saturated carbocycles. The molecular formula is C29H31N3O9. The smallest absolute Gasteiger partial charge is 0.409 e. The summed E-state index contributed by atoms with van der Waals surface area (Å²) in [6.07, 6.45) is -0.383. The number of rotatable bonds is 4. The second-order valence-electron chi connectivity index (χ2n) is 11.4. The summed E-state index contributed by atoms with van der Waals surface area (Å²) in [5.41, 5.74) is 3.65. The summed E-state index contributed by atoms with van der Waals surface area (Å²) in [6, 6.07) is 5.76. The number of nitrogens with two attached hydrogens (primary N) is 1. The van der Waals surface area contributed by atoms with E-state index in [1.807, 2.05) is 0 Å². The molecule has 0 radical (unpaired) electrons. The van der Waals surface area contributed by atoms with Crippen molar-refractivity contribution in [2.75, 3.05) is 28.3 Å². The van der Waals surface area contributed by atoms with Gasteiger partial charge in [-0.3, -0.25) is 28.9 Å². The van der Waals surface area contributed by atoms with E-state index in [-0.39, 0.29) is 30.7 Å². The molecule has 0 heterocycles. The zero-order valence-corrected chi connectivity index (χ0v) is 23.0. The number of benzene rings is 2. The second kappa shape index (κ2) is 9.74.